The Morgan fingerprint density at radius 1 is 1.29 bits per heavy atom. The van der Waals surface area contributed by atoms with Crippen molar-refractivity contribution in [2.24, 2.45) is 11.8 Å². The van der Waals surface area contributed by atoms with Gasteiger partial charge < -0.3 is 10.1 Å². The van der Waals surface area contributed by atoms with E-state index in [1.54, 1.807) is 7.11 Å². The molecule has 1 aliphatic rings. The van der Waals surface area contributed by atoms with E-state index in [1.165, 1.54) is 49.7 Å². The van der Waals surface area contributed by atoms with Gasteiger partial charge in [-0.05, 0) is 79.9 Å². The predicted molar refractivity (Wildman–Crippen MR) is 101 cm³/mol. The molecular weight excluding hydrogens is 296 g/mol. The highest BCUT2D eigenvalue weighted by molar-refractivity contribution is 5.84. The Morgan fingerprint density at radius 3 is 2.96 bits per heavy atom. The van der Waals surface area contributed by atoms with Gasteiger partial charge in [-0.15, -0.1) is 0 Å². The van der Waals surface area contributed by atoms with Crippen molar-refractivity contribution in [1.82, 2.24) is 10.3 Å². The molecule has 3 atom stereocenters. The monoisotopic (exact) mass is 326 g/mol. The zero-order valence-corrected chi connectivity index (χ0v) is 15.2. The van der Waals surface area contributed by atoms with Crippen molar-refractivity contribution in [1.29, 1.82) is 0 Å². The van der Waals surface area contributed by atoms with Gasteiger partial charge >= 0.3 is 0 Å². The van der Waals surface area contributed by atoms with Crippen molar-refractivity contribution >= 4 is 10.9 Å². The molecule has 0 bridgehead atoms. The van der Waals surface area contributed by atoms with E-state index in [9.17, 15) is 0 Å². The third kappa shape index (κ3) is 3.72. The molecule has 3 heteroatoms. The summed E-state index contributed by atoms with van der Waals surface area (Å²) in [6.45, 7) is 7.07. The van der Waals surface area contributed by atoms with Crippen molar-refractivity contribution in [3.8, 4) is 5.75 Å². The third-order valence-electron chi connectivity index (χ3n) is 5.77. The molecule has 1 aromatic heterocycles. The van der Waals surface area contributed by atoms with Gasteiger partial charge in [-0.1, -0.05) is 20.3 Å². The fourth-order valence-electron chi connectivity index (χ4n) is 4.16. The van der Waals surface area contributed by atoms with Crippen LogP contribution in [0.5, 0.6) is 5.75 Å². The zero-order valence-electron chi connectivity index (χ0n) is 15.2. The minimum atomic E-state index is 0.551. The largest absolute Gasteiger partial charge is 0.497 e. The lowest BCUT2D eigenvalue weighted by atomic mass is 9.79. The molecule has 130 valence electrons. The maximum Gasteiger partial charge on any atom is 0.119 e. The lowest BCUT2D eigenvalue weighted by Gasteiger charge is -2.32. The van der Waals surface area contributed by atoms with E-state index in [-0.39, 0.29) is 0 Å². The summed E-state index contributed by atoms with van der Waals surface area (Å²) in [5.41, 5.74) is 2.47. The first-order chi connectivity index (χ1) is 11.7. The van der Waals surface area contributed by atoms with E-state index in [0.717, 1.165) is 23.1 Å². The first-order valence-electron chi connectivity index (χ1n) is 9.36. The van der Waals surface area contributed by atoms with Gasteiger partial charge in [-0.25, -0.2) is 0 Å². The molecule has 0 amide bonds. The number of benzene rings is 1. The molecule has 1 aromatic carbocycles. The number of aromatic nitrogens is 1. The van der Waals surface area contributed by atoms with Gasteiger partial charge in [-0.2, -0.15) is 0 Å². The molecule has 1 N–H and O–H groups in total. The van der Waals surface area contributed by atoms with Crippen LogP contribution in [0.2, 0.25) is 0 Å². The molecule has 3 rings (SSSR count). The maximum absolute atomic E-state index is 5.41. The zero-order chi connectivity index (χ0) is 16.9. The lowest BCUT2D eigenvalue weighted by molar-refractivity contribution is 0.227. The summed E-state index contributed by atoms with van der Waals surface area (Å²) in [7, 11) is 1.72. The Hall–Kier alpha value is -1.61. The van der Waals surface area contributed by atoms with Crippen molar-refractivity contribution in [2.75, 3.05) is 20.2 Å². The molecule has 2 heterocycles. The van der Waals surface area contributed by atoms with Gasteiger partial charge in [0.25, 0.3) is 0 Å². The molecule has 3 nitrogen and oxygen atoms in total. The Morgan fingerprint density at radius 2 is 2.17 bits per heavy atom. The van der Waals surface area contributed by atoms with Crippen LogP contribution in [0, 0.1) is 11.8 Å². The van der Waals surface area contributed by atoms with Gasteiger partial charge in [0.15, 0.2) is 0 Å². The highest BCUT2D eigenvalue weighted by atomic mass is 16.5. The van der Waals surface area contributed by atoms with Crippen LogP contribution in [0.25, 0.3) is 10.9 Å². The van der Waals surface area contributed by atoms with Gasteiger partial charge in [0.1, 0.15) is 5.75 Å². The smallest absolute Gasteiger partial charge is 0.119 e. The molecule has 0 aliphatic carbocycles. The van der Waals surface area contributed by atoms with Crippen molar-refractivity contribution in [3.63, 3.8) is 0 Å². The molecule has 24 heavy (non-hydrogen) atoms. The highest BCUT2D eigenvalue weighted by Gasteiger charge is 2.24. The minimum absolute atomic E-state index is 0.551. The second-order valence-corrected chi connectivity index (χ2v) is 7.18. The molecule has 1 saturated heterocycles. The number of nitrogens with zero attached hydrogens (tertiary/aromatic N) is 1. The van der Waals surface area contributed by atoms with Crippen LogP contribution in [0.3, 0.4) is 0 Å². The summed E-state index contributed by atoms with van der Waals surface area (Å²) < 4.78 is 5.41. The number of pyridine rings is 1. The van der Waals surface area contributed by atoms with Crippen LogP contribution in [-0.4, -0.2) is 25.2 Å². The molecule has 0 radical (unpaired) electrons. The second kappa shape index (κ2) is 7.98. The summed E-state index contributed by atoms with van der Waals surface area (Å²) >= 11 is 0. The van der Waals surface area contributed by atoms with Crippen LogP contribution in [0.15, 0.2) is 30.5 Å². The van der Waals surface area contributed by atoms with Crippen LogP contribution < -0.4 is 10.1 Å². The van der Waals surface area contributed by atoms with Crippen LogP contribution in [0.4, 0.5) is 0 Å². The van der Waals surface area contributed by atoms with Gasteiger partial charge in [0.2, 0.25) is 0 Å². The van der Waals surface area contributed by atoms with Crippen molar-refractivity contribution in [3.05, 3.63) is 36.0 Å². The SMILES string of the molecule is CC[C@H]1CNCC[C@H]1CCC(C)c1ccnc2ccc(OC)cc12. The number of nitrogens with one attached hydrogen (secondary N) is 1. The summed E-state index contributed by atoms with van der Waals surface area (Å²) in [6, 6.07) is 8.37. The Balaban J connectivity index is 1.74. The van der Waals surface area contributed by atoms with Gasteiger partial charge in [0, 0.05) is 11.6 Å². The number of piperidine rings is 1. The molecule has 1 fully saturated rings. The number of fused-ring (bicyclic) bond motifs is 1. The number of rotatable bonds is 6. The summed E-state index contributed by atoms with van der Waals surface area (Å²) in [5.74, 6) is 3.19. The predicted octanol–water partition coefficient (Wildman–Crippen LogP) is 4.76. The summed E-state index contributed by atoms with van der Waals surface area (Å²) in [5, 5.41) is 4.79. The molecule has 2 aromatic rings. The van der Waals surface area contributed by atoms with Crippen LogP contribution in [-0.2, 0) is 0 Å². The summed E-state index contributed by atoms with van der Waals surface area (Å²) in [4.78, 5) is 4.51. The van der Waals surface area contributed by atoms with Crippen LogP contribution >= 0.6 is 0 Å². The molecule has 1 unspecified atom stereocenters. The Kier molecular flexibility index (Phi) is 5.72. The Labute approximate surface area is 145 Å². The topological polar surface area (TPSA) is 34.2 Å². The van der Waals surface area contributed by atoms with E-state index in [0.29, 0.717) is 5.92 Å². The normalized spacial score (nSPS) is 22.5. The lowest BCUT2D eigenvalue weighted by Crippen LogP contribution is -2.36. The average molecular weight is 326 g/mol. The van der Waals surface area contributed by atoms with E-state index in [4.69, 9.17) is 4.74 Å². The van der Waals surface area contributed by atoms with E-state index < -0.39 is 0 Å². The molecular formula is C21H30N2O. The molecule has 0 spiro atoms. The standard InChI is InChI=1S/C21H30N2O/c1-4-16-14-22-11-9-17(16)6-5-15(2)19-10-12-23-21-8-7-18(24-3)13-20(19)21/h7-8,10,12-13,15-17,22H,4-6,9,11,14H2,1-3H3/t15?,16-,17+/m0/s1. The first kappa shape index (κ1) is 17.2. The van der Waals surface area contributed by atoms with Crippen molar-refractivity contribution < 1.29 is 4.74 Å². The number of hydrogen-bond donors (Lipinski definition) is 1. The first-order valence-corrected chi connectivity index (χ1v) is 9.36. The van der Waals surface area contributed by atoms with Crippen molar-refractivity contribution in [2.45, 2.75) is 45.4 Å². The Bertz CT molecular complexity index is 670. The quantitative estimate of drug-likeness (QED) is 0.831. The van der Waals surface area contributed by atoms with Gasteiger partial charge in [0.05, 0.1) is 12.6 Å². The highest BCUT2D eigenvalue weighted by Crippen LogP contribution is 2.33. The fourth-order valence-corrected chi connectivity index (χ4v) is 4.16. The van der Waals surface area contributed by atoms with E-state index in [1.807, 2.05) is 12.3 Å². The van der Waals surface area contributed by atoms with Crippen LogP contribution in [0.1, 0.15) is 51.0 Å². The molecule has 0 saturated carbocycles. The molecule has 1 aliphatic heterocycles. The minimum Gasteiger partial charge on any atom is -0.497 e. The van der Waals surface area contributed by atoms with E-state index in [2.05, 4.69) is 42.3 Å². The number of ether oxygens (including phenoxy) is 1. The second-order valence-electron chi connectivity index (χ2n) is 7.18. The van der Waals surface area contributed by atoms with E-state index >= 15 is 0 Å². The third-order valence-corrected chi connectivity index (χ3v) is 5.77. The number of hydrogen-bond acceptors (Lipinski definition) is 3. The number of methoxy groups -OCH3 is 1. The fraction of sp³-hybridized carbons (Fsp3) is 0.571. The van der Waals surface area contributed by atoms with Gasteiger partial charge in [-0.3, -0.25) is 4.98 Å². The summed E-state index contributed by atoms with van der Waals surface area (Å²) in [6.07, 6.45) is 7.14. The maximum atomic E-state index is 5.41. The average Bonchev–Trinajstić information content (AvgIpc) is 2.65.